The Morgan fingerprint density at radius 3 is 2.62 bits per heavy atom. The SMILES string of the molecule is COc1cc(CO/N=C/c2cccc([N+](=O)[O-])c2)c(OC)cc1Br. The number of methoxy groups -OCH3 is 2. The van der Waals surface area contributed by atoms with Crippen LogP contribution in [-0.4, -0.2) is 25.4 Å². The third-order valence-corrected chi connectivity index (χ3v) is 3.75. The second-order valence-electron chi connectivity index (χ2n) is 4.66. The van der Waals surface area contributed by atoms with Crippen molar-refractivity contribution in [1.82, 2.24) is 0 Å². The summed E-state index contributed by atoms with van der Waals surface area (Å²) in [7, 11) is 3.13. The molecule has 0 bridgehead atoms. The molecule has 7 nitrogen and oxygen atoms in total. The van der Waals surface area contributed by atoms with E-state index in [1.165, 1.54) is 18.3 Å². The van der Waals surface area contributed by atoms with Gasteiger partial charge in [0.1, 0.15) is 18.1 Å². The van der Waals surface area contributed by atoms with Crippen molar-refractivity contribution in [2.24, 2.45) is 5.16 Å². The largest absolute Gasteiger partial charge is 0.496 e. The van der Waals surface area contributed by atoms with Gasteiger partial charge in [-0.2, -0.15) is 0 Å². The molecule has 0 saturated carbocycles. The maximum Gasteiger partial charge on any atom is 0.270 e. The van der Waals surface area contributed by atoms with Crippen LogP contribution in [0, 0.1) is 10.1 Å². The molecule has 24 heavy (non-hydrogen) atoms. The number of ether oxygens (including phenoxy) is 2. The van der Waals surface area contributed by atoms with E-state index in [1.807, 2.05) is 0 Å². The minimum absolute atomic E-state index is 0.00161. The molecule has 0 aliphatic heterocycles. The van der Waals surface area contributed by atoms with Crippen LogP contribution >= 0.6 is 15.9 Å². The zero-order valence-electron chi connectivity index (χ0n) is 13.1. The topological polar surface area (TPSA) is 83.2 Å². The van der Waals surface area contributed by atoms with Gasteiger partial charge in [0, 0.05) is 23.3 Å². The standard InChI is InChI=1S/C16H15BrN2O5/c1-22-15-8-14(17)16(23-2)7-12(15)10-24-18-9-11-4-3-5-13(6-11)19(20)21/h3-9H,10H2,1-2H3/b18-9+. The molecule has 0 unspecified atom stereocenters. The van der Waals surface area contributed by atoms with Gasteiger partial charge in [0.15, 0.2) is 0 Å². The fraction of sp³-hybridized carbons (Fsp3) is 0.188. The van der Waals surface area contributed by atoms with Crippen LogP contribution in [0.5, 0.6) is 11.5 Å². The summed E-state index contributed by atoms with van der Waals surface area (Å²) in [6.45, 7) is 0.165. The first-order chi connectivity index (χ1) is 11.5. The average Bonchev–Trinajstić information content (AvgIpc) is 2.59. The predicted molar refractivity (Wildman–Crippen MR) is 92.7 cm³/mol. The Balaban J connectivity index is 2.06. The average molecular weight is 395 g/mol. The van der Waals surface area contributed by atoms with Gasteiger partial charge in [0.2, 0.25) is 0 Å². The van der Waals surface area contributed by atoms with E-state index in [4.69, 9.17) is 14.3 Å². The van der Waals surface area contributed by atoms with E-state index in [2.05, 4.69) is 21.1 Å². The number of nitro benzene ring substituents is 1. The molecule has 0 aliphatic carbocycles. The Kier molecular flexibility index (Phi) is 6.14. The smallest absolute Gasteiger partial charge is 0.270 e. The number of nitrogens with zero attached hydrogens (tertiary/aromatic N) is 2. The van der Waals surface area contributed by atoms with Crippen LogP contribution in [0.3, 0.4) is 0 Å². The Hall–Kier alpha value is -2.61. The van der Waals surface area contributed by atoms with Crippen LogP contribution in [0.25, 0.3) is 0 Å². The Morgan fingerprint density at radius 2 is 1.96 bits per heavy atom. The van der Waals surface area contributed by atoms with Crippen LogP contribution in [0.2, 0.25) is 0 Å². The van der Waals surface area contributed by atoms with Gasteiger partial charge in [0.25, 0.3) is 5.69 Å². The zero-order chi connectivity index (χ0) is 17.5. The van der Waals surface area contributed by atoms with Gasteiger partial charge in [-0.3, -0.25) is 10.1 Å². The highest BCUT2D eigenvalue weighted by molar-refractivity contribution is 9.10. The van der Waals surface area contributed by atoms with Gasteiger partial charge in [-0.05, 0) is 28.1 Å². The van der Waals surface area contributed by atoms with Crippen molar-refractivity contribution in [3.8, 4) is 11.5 Å². The molecule has 0 radical (unpaired) electrons. The molecule has 0 amide bonds. The van der Waals surface area contributed by atoms with E-state index in [-0.39, 0.29) is 12.3 Å². The maximum atomic E-state index is 10.7. The number of halogens is 1. The van der Waals surface area contributed by atoms with E-state index in [0.717, 1.165) is 10.0 Å². The molecule has 0 heterocycles. The quantitative estimate of drug-likeness (QED) is 0.403. The second kappa shape index (κ2) is 8.30. The molecule has 0 saturated heterocycles. The Labute approximate surface area is 147 Å². The van der Waals surface area contributed by atoms with E-state index in [9.17, 15) is 10.1 Å². The van der Waals surface area contributed by atoms with Gasteiger partial charge >= 0.3 is 0 Å². The summed E-state index contributed by atoms with van der Waals surface area (Å²) in [5.74, 6) is 1.28. The fourth-order valence-corrected chi connectivity index (χ4v) is 2.44. The highest BCUT2D eigenvalue weighted by Gasteiger charge is 2.10. The summed E-state index contributed by atoms with van der Waals surface area (Å²) in [6, 6.07) is 9.67. The summed E-state index contributed by atoms with van der Waals surface area (Å²) in [5, 5.41) is 14.6. The van der Waals surface area contributed by atoms with Gasteiger partial charge in [-0.1, -0.05) is 17.3 Å². The van der Waals surface area contributed by atoms with Gasteiger partial charge in [-0.15, -0.1) is 0 Å². The molecule has 0 atom stereocenters. The van der Waals surface area contributed by atoms with Crippen LogP contribution in [-0.2, 0) is 11.4 Å². The number of oxime groups is 1. The second-order valence-corrected chi connectivity index (χ2v) is 5.51. The highest BCUT2D eigenvalue weighted by atomic mass is 79.9. The van der Waals surface area contributed by atoms with E-state index >= 15 is 0 Å². The number of hydrogen-bond acceptors (Lipinski definition) is 6. The van der Waals surface area contributed by atoms with Gasteiger partial charge in [-0.25, -0.2) is 0 Å². The zero-order valence-corrected chi connectivity index (χ0v) is 14.6. The molecule has 0 aliphatic rings. The number of hydrogen-bond donors (Lipinski definition) is 0. The molecule has 126 valence electrons. The Morgan fingerprint density at radius 1 is 1.21 bits per heavy atom. The number of non-ortho nitro benzene ring substituents is 1. The summed E-state index contributed by atoms with van der Waals surface area (Å²) >= 11 is 3.38. The van der Waals surface area contributed by atoms with Gasteiger partial charge in [0.05, 0.1) is 29.8 Å². The summed E-state index contributed by atoms with van der Waals surface area (Å²) in [5.41, 5.74) is 1.33. The van der Waals surface area contributed by atoms with E-state index in [0.29, 0.717) is 17.1 Å². The Bertz CT molecular complexity index is 764. The molecular weight excluding hydrogens is 380 g/mol. The van der Waals surface area contributed by atoms with Crippen molar-refractivity contribution in [2.75, 3.05) is 14.2 Å². The molecule has 2 aromatic rings. The first-order valence-corrected chi connectivity index (χ1v) is 7.64. The summed E-state index contributed by atoms with van der Waals surface area (Å²) in [6.07, 6.45) is 1.41. The third kappa shape index (κ3) is 4.45. The van der Waals surface area contributed by atoms with E-state index < -0.39 is 4.92 Å². The normalized spacial score (nSPS) is 10.6. The van der Waals surface area contributed by atoms with Crippen molar-refractivity contribution in [3.63, 3.8) is 0 Å². The number of nitro groups is 1. The molecule has 2 aromatic carbocycles. The van der Waals surface area contributed by atoms with Crippen molar-refractivity contribution in [1.29, 1.82) is 0 Å². The van der Waals surface area contributed by atoms with Crippen molar-refractivity contribution >= 4 is 27.8 Å². The van der Waals surface area contributed by atoms with Crippen LogP contribution in [0.1, 0.15) is 11.1 Å². The minimum atomic E-state index is -0.461. The predicted octanol–water partition coefficient (Wildman–Crippen LogP) is 3.93. The number of rotatable bonds is 7. The molecule has 0 aromatic heterocycles. The number of benzene rings is 2. The van der Waals surface area contributed by atoms with Crippen LogP contribution in [0.15, 0.2) is 46.0 Å². The first kappa shape index (κ1) is 17.7. The monoisotopic (exact) mass is 394 g/mol. The lowest BCUT2D eigenvalue weighted by atomic mass is 10.2. The fourth-order valence-electron chi connectivity index (χ4n) is 1.96. The van der Waals surface area contributed by atoms with Crippen molar-refractivity contribution in [2.45, 2.75) is 6.61 Å². The first-order valence-electron chi connectivity index (χ1n) is 6.85. The molecule has 8 heteroatoms. The summed E-state index contributed by atoms with van der Waals surface area (Å²) in [4.78, 5) is 15.5. The molecule has 0 spiro atoms. The van der Waals surface area contributed by atoms with Gasteiger partial charge < -0.3 is 14.3 Å². The van der Waals surface area contributed by atoms with Crippen molar-refractivity contribution < 1.29 is 19.2 Å². The molecule has 2 rings (SSSR count). The van der Waals surface area contributed by atoms with E-state index in [1.54, 1.807) is 38.5 Å². The summed E-state index contributed by atoms with van der Waals surface area (Å²) < 4.78 is 11.3. The molecular formula is C16H15BrN2O5. The maximum absolute atomic E-state index is 10.7. The molecule has 0 N–H and O–H groups in total. The lowest BCUT2D eigenvalue weighted by Gasteiger charge is -2.11. The highest BCUT2D eigenvalue weighted by Crippen LogP contribution is 2.33. The third-order valence-electron chi connectivity index (χ3n) is 3.13. The van der Waals surface area contributed by atoms with Crippen molar-refractivity contribution in [3.05, 3.63) is 62.1 Å². The molecule has 0 fully saturated rings. The van der Waals surface area contributed by atoms with Crippen LogP contribution < -0.4 is 9.47 Å². The lowest BCUT2D eigenvalue weighted by Crippen LogP contribution is -1.96. The lowest BCUT2D eigenvalue weighted by molar-refractivity contribution is -0.384. The van der Waals surface area contributed by atoms with Crippen LogP contribution in [0.4, 0.5) is 5.69 Å². The minimum Gasteiger partial charge on any atom is -0.496 e.